The van der Waals surface area contributed by atoms with Crippen LogP contribution in [-0.4, -0.2) is 149 Å². The number of amides is 1. The smallest absolute Gasteiger partial charge is 0.408 e. The summed E-state index contributed by atoms with van der Waals surface area (Å²) in [5.74, 6) is -4.56. The maximum atomic E-state index is 15.0. The minimum Gasteiger partial charge on any atom is -0.455 e. The van der Waals surface area contributed by atoms with Crippen LogP contribution in [0.2, 0.25) is 0 Å². The van der Waals surface area contributed by atoms with Crippen LogP contribution in [0.3, 0.4) is 0 Å². The lowest BCUT2D eigenvalue weighted by molar-refractivity contribution is -0.217. The SMILES string of the molecule is CC1=C2[C@@H](O)C(=O)C(C)([C@@H](O)CC3CCO3)C(C)[C@H](OC(=O)c3ccccc3)C(O)(C[C@@H]1OC(=O)C(OC(=O)CCCN1CCN(C)CC1)[C@@H](NC(=O)OC(C)(C)C)c1ccccc1)C2(C)C. The van der Waals surface area contributed by atoms with Gasteiger partial charge in [-0.2, -0.15) is 0 Å². The number of nitrogens with one attached hydrogen (secondary N) is 1. The lowest BCUT2D eigenvalue weighted by Crippen LogP contribution is -2.69. The van der Waals surface area contributed by atoms with Crippen molar-refractivity contribution in [2.75, 3.05) is 46.4 Å². The molecule has 0 spiro atoms. The summed E-state index contributed by atoms with van der Waals surface area (Å²) in [6.45, 7) is 17.6. The number of rotatable bonds is 15. The van der Waals surface area contributed by atoms with Gasteiger partial charge in [0.2, 0.25) is 6.10 Å². The van der Waals surface area contributed by atoms with E-state index in [2.05, 4.69) is 22.2 Å². The van der Waals surface area contributed by atoms with E-state index in [-0.39, 0.29) is 35.7 Å². The number of esters is 3. The van der Waals surface area contributed by atoms with E-state index >= 15 is 0 Å². The monoisotopic (exact) mass is 933 g/mol. The van der Waals surface area contributed by atoms with Crippen LogP contribution >= 0.6 is 0 Å². The van der Waals surface area contributed by atoms with Crippen LogP contribution in [0.4, 0.5) is 4.79 Å². The Kier molecular flexibility index (Phi) is 16.1. The first-order valence-electron chi connectivity index (χ1n) is 23.5. The number of nitrogens with zero attached hydrogens (tertiary/aromatic N) is 2. The van der Waals surface area contributed by atoms with Gasteiger partial charge in [0.25, 0.3) is 0 Å². The fraction of sp³-hybridized carbons (Fsp3) is 0.627. The number of carbonyl (C=O) groups is 5. The maximum absolute atomic E-state index is 15.0. The van der Waals surface area contributed by atoms with Gasteiger partial charge < -0.3 is 54.1 Å². The van der Waals surface area contributed by atoms with Gasteiger partial charge in [-0.1, -0.05) is 69.3 Å². The zero-order chi connectivity index (χ0) is 49.1. The van der Waals surface area contributed by atoms with Crippen molar-refractivity contribution >= 4 is 29.8 Å². The first-order valence-corrected chi connectivity index (χ1v) is 23.5. The van der Waals surface area contributed by atoms with Crippen LogP contribution in [0.5, 0.6) is 0 Å². The molecule has 3 fully saturated rings. The molecule has 5 unspecified atom stereocenters. The van der Waals surface area contributed by atoms with Gasteiger partial charge in [0.05, 0.1) is 23.2 Å². The summed E-state index contributed by atoms with van der Waals surface area (Å²) < 4.78 is 29.9. The Hall–Kier alpha value is -4.71. The van der Waals surface area contributed by atoms with Crippen molar-refractivity contribution in [2.45, 2.75) is 141 Å². The molecule has 16 nitrogen and oxygen atoms in total. The summed E-state index contributed by atoms with van der Waals surface area (Å²) in [4.78, 5) is 75.8. The molecule has 0 aromatic heterocycles. The molecule has 368 valence electrons. The highest BCUT2D eigenvalue weighted by atomic mass is 16.6. The normalized spacial score (nSPS) is 29.3. The van der Waals surface area contributed by atoms with Gasteiger partial charge in [-0.15, -0.1) is 0 Å². The summed E-state index contributed by atoms with van der Waals surface area (Å²) in [6.07, 6.45) is -8.62. The number of aliphatic hydroxyl groups excluding tert-OH is 2. The molecule has 2 aromatic rings. The van der Waals surface area contributed by atoms with Crippen molar-refractivity contribution in [3.05, 3.63) is 82.9 Å². The number of likely N-dealkylation sites (N-methyl/N-ethyl adjacent to an activating group) is 1. The average Bonchev–Trinajstić information content (AvgIpc) is 3.26. The van der Waals surface area contributed by atoms with E-state index < -0.39 is 101 Å². The highest BCUT2D eigenvalue weighted by Gasteiger charge is 2.67. The molecule has 1 saturated carbocycles. The molecule has 10 atom stereocenters. The minimum absolute atomic E-state index is 0.0129. The molecule has 2 heterocycles. The minimum atomic E-state index is -2.19. The van der Waals surface area contributed by atoms with Crippen LogP contribution < -0.4 is 5.32 Å². The number of aliphatic hydroxyl groups is 3. The molecule has 2 saturated heterocycles. The van der Waals surface area contributed by atoms with Crippen molar-refractivity contribution in [1.29, 1.82) is 0 Å². The van der Waals surface area contributed by atoms with Crippen LogP contribution in [-0.2, 0) is 38.1 Å². The van der Waals surface area contributed by atoms with E-state index in [1.165, 1.54) is 6.92 Å². The van der Waals surface area contributed by atoms with Crippen molar-refractivity contribution in [3.8, 4) is 0 Å². The lowest BCUT2D eigenvalue weighted by Gasteiger charge is -2.59. The number of carbonyl (C=O) groups excluding carboxylic acids is 5. The molecule has 2 aromatic carbocycles. The maximum Gasteiger partial charge on any atom is 0.408 e. The fourth-order valence-electron chi connectivity index (χ4n) is 10.1. The second-order valence-electron chi connectivity index (χ2n) is 20.5. The molecule has 2 aliphatic carbocycles. The summed E-state index contributed by atoms with van der Waals surface area (Å²) in [5, 5.41) is 40.4. The second kappa shape index (κ2) is 20.9. The number of ether oxygens (including phenoxy) is 5. The van der Waals surface area contributed by atoms with Crippen LogP contribution in [0.25, 0.3) is 0 Å². The predicted octanol–water partition coefficient (Wildman–Crippen LogP) is 4.93. The largest absolute Gasteiger partial charge is 0.455 e. The Morgan fingerprint density at radius 3 is 2.15 bits per heavy atom. The topological polar surface area (TPSA) is 211 Å². The van der Waals surface area contributed by atoms with Crippen LogP contribution in [0, 0.1) is 16.7 Å². The van der Waals surface area contributed by atoms with E-state index in [1.54, 1.807) is 109 Å². The van der Waals surface area contributed by atoms with E-state index in [0.717, 1.165) is 26.2 Å². The fourth-order valence-corrected chi connectivity index (χ4v) is 10.1. The molecule has 2 aliphatic heterocycles. The van der Waals surface area contributed by atoms with Crippen molar-refractivity contribution < 1.29 is 63.0 Å². The van der Waals surface area contributed by atoms with Gasteiger partial charge in [-0.3, -0.25) is 9.59 Å². The van der Waals surface area contributed by atoms with Gasteiger partial charge >= 0.3 is 24.0 Å². The first-order chi connectivity index (χ1) is 31.5. The number of benzene rings is 2. The first kappa shape index (κ1) is 51.7. The van der Waals surface area contributed by atoms with E-state index in [1.807, 2.05) is 0 Å². The van der Waals surface area contributed by atoms with E-state index in [9.17, 15) is 39.3 Å². The number of alkyl carbamates (subject to hydrolysis) is 1. The molecule has 1 amide bonds. The zero-order valence-electron chi connectivity index (χ0n) is 40.5. The van der Waals surface area contributed by atoms with Gasteiger partial charge in [0, 0.05) is 63.4 Å². The summed E-state index contributed by atoms with van der Waals surface area (Å²) >= 11 is 0. The molecule has 16 heteroatoms. The molecule has 2 bridgehead atoms. The van der Waals surface area contributed by atoms with E-state index in [4.69, 9.17) is 23.7 Å². The van der Waals surface area contributed by atoms with Gasteiger partial charge in [0.1, 0.15) is 35.6 Å². The average molecular weight is 934 g/mol. The molecule has 67 heavy (non-hydrogen) atoms. The third kappa shape index (κ3) is 11.3. The third-order valence-corrected chi connectivity index (χ3v) is 14.6. The second-order valence-corrected chi connectivity index (χ2v) is 20.5. The predicted molar refractivity (Wildman–Crippen MR) is 246 cm³/mol. The molecule has 6 rings (SSSR count). The van der Waals surface area contributed by atoms with Crippen molar-refractivity contribution in [1.82, 2.24) is 15.1 Å². The Morgan fingerprint density at radius 2 is 1.57 bits per heavy atom. The Bertz CT molecular complexity index is 2110. The highest BCUT2D eigenvalue weighted by molar-refractivity contribution is 5.93. The molecular weight excluding hydrogens is 863 g/mol. The Labute approximate surface area is 394 Å². The quantitative estimate of drug-likeness (QED) is 0.106. The summed E-state index contributed by atoms with van der Waals surface area (Å²) in [6, 6.07) is 15.2. The number of hydrogen-bond donors (Lipinski definition) is 4. The van der Waals surface area contributed by atoms with Crippen LogP contribution in [0.15, 0.2) is 71.8 Å². The van der Waals surface area contributed by atoms with Crippen LogP contribution in [0.1, 0.15) is 109 Å². The standard InChI is InChI=1S/C51H71N3O13/c1-31-36(64-46(60)42(65-38(56)21-16-23-54-26-24-53(9)25-27-54)40(33-17-12-10-13-18-33)52-47(61)67-48(3,4)5)30-51(62)44(66-45(59)34-19-14-11-15-20-34)32(2)50(8,37(55)29-35-22-28-63-35)43(58)41(57)39(31)49(51,6)7/h10-15,17-20,32,35-37,40-42,44,55,57,62H,16,21-30H2,1-9H3,(H,52,61)/t32?,35?,36-,37-,40-,41+,42?,44-,50?,51?/m0/s1. The number of Topliss-reactive ketones (excluding diaryl/α,β-unsaturated/α-hetero) is 1. The lowest BCUT2D eigenvalue weighted by atomic mass is 9.50. The Balaban J connectivity index is 1.40. The number of hydrogen-bond acceptors (Lipinski definition) is 15. The number of piperazine rings is 1. The molecule has 0 radical (unpaired) electrons. The van der Waals surface area contributed by atoms with Crippen molar-refractivity contribution in [2.24, 2.45) is 16.7 Å². The van der Waals surface area contributed by atoms with Gasteiger partial charge in [-0.25, -0.2) is 14.4 Å². The third-order valence-electron chi connectivity index (χ3n) is 14.6. The molecule has 4 aliphatic rings. The van der Waals surface area contributed by atoms with Gasteiger partial charge in [0.15, 0.2) is 5.78 Å². The Morgan fingerprint density at radius 1 is 0.955 bits per heavy atom. The van der Waals surface area contributed by atoms with Crippen molar-refractivity contribution in [3.63, 3.8) is 0 Å². The highest BCUT2D eigenvalue weighted by Crippen LogP contribution is 2.58. The number of fused-ring (bicyclic) bond motifs is 2. The summed E-state index contributed by atoms with van der Waals surface area (Å²) in [7, 11) is 2.06. The summed E-state index contributed by atoms with van der Waals surface area (Å²) in [5.41, 5.74) is -5.64. The molecule has 4 N–H and O–H groups in total. The zero-order valence-corrected chi connectivity index (χ0v) is 40.5. The molecular formula is C51H71N3O13. The number of ketones is 1. The van der Waals surface area contributed by atoms with E-state index in [0.29, 0.717) is 31.6 Å². The van der Waals surface area contributed by atoms with Gasteiger partial charge in [-0.05, 0) is 89.9 Å².